The normalized spacial score (nSPS) is 14.3. The van der Waals surface area contributed by atoms with Gasteiger partial charge in [0.05, 0.1) is 13.7 Å². The average molecular weight is 439 g/mol. The van der Waals surface area contributed by atoms with E-state index in [1.54, 1.807) is 13.3 Å². The van der Waals surface area contributed by atoms with Gasteiger partial charge in [-0.3, -0.25) is 9.79 Å². The maximum Gasteiger partial charge on any atom is 0.224 e. The molecule has 1 amide bonds. The van der Waals surface area contributed by atoms with Crippen molar-refractivity contribution in [3.05, 3.63) is 54.2 Å². The zero-order valence-electron chi connectivity index (χ0n) is 19.3. The van der Waals surface area contributed by atoms with Crippen LogP contribution in [0, 0.1) is 0 Å². The van der Waals surface area contributed by atoms with Gasteiger partial charge in [0, 0.05) is 64.5 Å². The Balaban J connectivity index is 1.50. The predicted octanol–water partition coefficient (Wildman–Crippen LogP) is 2.23. The van der Waals surface area contributed by atoms with Gasteiger partial charge in [-0.1, -0.05) is 24.3 Å². The lowest BCUT2D eigenvalue weighted by molar-refractivity contribution is -0.131. The molecule has 1 aliphatic heterocycles. The van der Waals surface area contributed by atoms with Gasteiger partial charge in [0.1, 0.15) is 11.6 Å². The molecule has 1 fully saturated rings. The minimum Gasteiger partial charge on any atom is -0.496 e. The van der Waals surface area contributed by atoms with Crippen LogP contribution in [0.15, 0.2) is 53.7 Å². The van der Waals surface area contributed by atoms with E-state index in [1.807, 2.05) is 61.3 Å². The first kappa shape index (κ1) is 23.4. The van der Waals surface area contributed by atoms with Crippen molar-refractivity contribution in [3.8, 4) is 5.75 Å². The van der Waals surface area contributed by atoms with E-state index in [-0.39, 0.29) is 5.91 Å². The summed E-state index contributed by atoms with van der Waals surface area (Å²) in [6.45, 7) is 6.96. The number of rotatable bonds is 8. The maximum absolute atomic E-state index is 12.7. The molecule has 2 aromatic rings. The predicted molar refractivity (Wildman–Crippen MR) is 128 cm³/mol. The van der Waals surface area contributed by atoms with Crippen molar-refractivity contribution in [3.63, 3.8) is 0 Å². The molecular formula is C24H34N6O2. The molecule has 8 nitrogen and oxygen atoms in total. The Kier molecular flexibility index (Phi) is 8.71. The quantitative estimate of drug-likeness (QED) is 0.503. The zero-order valence-corrected chi connectivity index (χ0v) is 19.3. The van der Waals surface area contributed by atoms with E-state index < -0.39 is 0 Å². The minimum atomic E-state index is 0.151. The van der Waals surface area contributed by atoms with Crippen LogP contribution in [-0.2, 0) is 11.3 Å². The van der Waals surface area contributed by atoms with Gasteiger partial charge in [0.2, 0.25) is 5.91 Å². The summed E-state index contributed by atoms with van der Waals surface area (Å²) in [4.78, 5) is 28.0. The van der Waals surface area contributed by atoms with E-state index >= 15 is 0 Å². The zero-order chi connectivity index (χ0) is 22.8. The van der Waals surface area contributed by atoms with Crippen LogP contribution in [0.4, 0.5) is 5.82 Å². The molecule has 1 aromatic carbocycles. The summed E-state index contributed by atoms with van der Waals surface area (Å²) in [6, 6.07) is 13.9. The Morgan fingerprint density at radius 2 is 1.91 bits per heavy atom. The van der Waals surface area contributed by atoms with Crippen LogP contribution < -0.4 is 15.0 Å². The Hall–Kier alpha value is -3.29. The van der Waals surface area contributed by atoms with Gasteiger partial charge in [-0.25, -0.2) is 4.98 Å². The molecule has 0 saturated carbocycles. The Labute approximate surface area is 190 Å². The highest BCUT2D eigenvalue weighted by molar-refractivity contribution is 5.81. The molecule has 1 saturated heterocycles. The molecule has 1 N–H and O–H groups in total. The van der Waals surface area contributed by atoms with Crippen molar-refractivity contribution in [2.24, 2.45) is 4.99 Å². The topological polar surface area (TPSA) is 73.3 Å². The number of pyridine rings is 1. The highest BCUT2D eigenvalue weighted by Crippen LogP contribution is 2.19. The van der Waals surface area contributed by atoms with Crippen molar-refractivity contribution in [2.75, 3.05) is 58.3 Å². The molecule has 32 heavy (non-hydrogen) atoms. The van der Waals surface area contributed by atoms with E-state index in [2.05, 4.69) is 25.1 Å². The number of amides is 1. The molecule has 0 aliphatic carbocycles. The van der Waals surface area contributed by atoms with Crippen LogP contribution in [0.25, 0.3) is 0 Å². The number of nitrogens with zero attached hydrogens (tertiary/aromatic N) is 5. The molecule has 8 heteroatoms. The first-order valence-corrected chi connectivity index (χ1v) is 11.2. The van der Waals surface area contributed by atoms with Crippen molar-refractivity contribution in [2.45, 2.75) is 19.9 Å². The molecule has 0 atom stereocenters. The standard InChI is InChI=1S/C24H34N6O2/c1-4-25-24(28(2)19-20-9-5-6-10-21(20)32-3)27-14-12-23(31)30-17-15-29(16-18-30)22-11-7-8-13-26-22/h5-11,13H,4,12,14-19H2,1-3H3,(H,25,27). The summed E-state index contributed by atoms with van der Waals surface area (Å²) in [5.74, 6) is 2.76. The van der Waals surface area contributed by atoms with E-state index in [9.17, 15) is 4.79 Å². The van der Waals surface area contributed by atoms with E-state index in [4.69, 9.17) is 4.74 Å². The summed E-state index contributed by atoms with van der Waals surface area (Å²) < 4.78 is 5.46. The van der Waals surface area contributed by atoms with Crippen LogP contribution >= 0.6 is 0 Å². The molecule has 0 spiro atoms. The summed E-state index contributed by atoms with van der Waals surface area (Å²) in [5.41, 5.74) is 1.09. The first-order valence-electron chi connectivity index (χ1n) is 11.2. The third kappa shape index (κ3) is 6.35. The summed E-state index contributed by atoms with van der Waals surface area (Å²) in [7, 11) is 3.67. The number of carbonyl (C=O) groups is 1. The summed E-state index contributed by atoms with van der Waals surface area (Å²) in [6.07, 6.45) is 2.21. The second kappa shape index (κ2) is 11.9. The number of anilines is 1. The van der Waals surface area contributed by atoms with Gasteiger partial charge in [-0.05, 0) is 25.1 Å². The number of ether oxygens (including phenoxy) is 1. The number of benzene rings is 1. The van der Waals surface area contributed by atoms with Crippen molar-refractivity contribution in [1.29, 1.82) is 0 Å². The molecule has 3 rings (SSSR count). The van der Waals surface area contributed by atoms with Crippen LogP contribution in [-0.4, -0.2) is 80.1 Å². The van der Waals surface area contributed by atoms with E-state index in [1.165, 1.54) is 0 Å². The smallest absolute Gasteiger partial charge is 0.224 e. The largest absolute Gasteiger partial charge is 0.496 e. The third-order valence-corrected chi connectivity index (χ3v) is 5.49. The fraction of sp³-hybridized carbons (Fsp3) is 0.458. The van der Waals surface area contributed by atoms with E-state index in [0.717, 1.165) is 42.7 Å². The molecule has 0 bridgehead atoms. The second-order valence-corrected chi connectivity index (χ2v) is 7.71. The molecule has 0 radical (unpaired) electrons. The van der Waals surface area contributed by atoms with Gasteiger partial charge >= 0.3 is 0 Å². The molecule has 0 unspecified atom stereocenters. The lowest BCUT2D eigenvalue weighted by atomic mass is 10.2. The van der Waals surface area contributed by atoms with Crippen molar-refractivity contribution < 1.29 is 9.53 Å². The van der Waals surface area contributed by atoms with Gasteiger partial charge in [-0.2, -0.15) is 0 Å². The van der Waals surface area contributed by atoms with Crippen molar-refractivity contribution >= 4 is 17.7 Å². The number of aromatic nitrogens is 1. The van der Waals surface area contributed by atoms with Crippen LogP contribution in [0.2, 0.25) is 0 Å². The molecule has 1 aromatic heterocycles. The molecule has 1 aliphatic rings. The van der Waals surface area contributed by atoms with Gasteiger partial charge < -0.3 is 24.8 Å². The Morgan fingerprint density at radius 1 is 1.16 bits per heavy atom. The highest BCUT2D eigenvalue weighted by Gasteiger charge is 2.21. The van der Waals surface area contributed by atoms with Gasteiger partial charge in [0.25, 0.3) is 0 Å². The fourth-order valence-electron chi connectivity index (χ4n) is 3.77. The Morgan fingerprint density at radius 3 is 2.59 bits per heavy atom. The number of nitrogens with one attached hydrogen (secondary N) is 1. The highest BCUT2D eigenvalue weighted by atomic mass is 16.5. The van der Waals surface area contributed by atoms with E-state index in [0.29, 0.717) is 32.6 Å². The Bertz CT molecular complexity index is 881. The SMILES string of the molecule is CCNC(=NCCC(=O)N1CCN(c2ccccn2)CC1)N(C)Cc1ccccc1OC. The number of guanidine groups is 1. The number of hydrogen-bond acceptors (Lipinski definition) is 5. The summed E-state index contributed by atoms with van der Waals surface area (Å²) in [5, 5.41) is 3.31. The average Bonchev–Trinajstić information content (AvgIpc) is 2.84. The van der Waals surface area contributed by atoms with Gasteiger partial charge in [-0.15, -0.1) is 0 Å². The summed E-state index contributed by atoms with van der Waals surface area (Å²) >= 11 is 0. The number of piperazine rings is 1. The number of para-hydroxylation sites is 1. The molecular weight excluding hydrogens is 404 g/mol. The second-order valence-electron chi connectivity index (χ2n) is 7.71. The van der Waals surface area contributed by atoms with Crippen molar-refractivity contribution in [1.82, 2.24) is 20.1 Å². The first-order chi connectivity index (χ1) is 15.6. The number of carbonyl (C=O) groups excluding carboxylic acids is 1. The number of aliphatic imine (C=N–C) groups is 1. The van der Waals surface area contributed by atoms with Crippen LogP contribution in [0.5, 0.6) is 5.75 Å². The third-order valence-electron chi connectivity index (χ3n) is 5.49. The molecule has 2 heterocycles. The van der Waals surface area contributed by atoms with Crippen LogP contribution in [0.1, 0.15) is 18.9 Å². The fourth-order valence-corrected chi connectivity index (χ4v) is 3.77. The lowest BCUT2D eigenvalue weighted by Gasteiger charge is -2.35. The van der Waals surface area contributed by atoms with Gasteiger partial charge in [0.15, 0.2) is 5.96 Å². The number of hydrogen-bond donors (Lipinski definition) is 1. The lowest BCUT2D eigenvalue weighted by Crippen LogP contribution is -2.49. The maximum atomic E-state index is 12.7. The monoisotopic (exact) mass is 438 g/mol. The van der Waals surface area contributed by atoms with Crippen LogP contribution in [0.3, 0.4) is 0 Å². The minimum absolute atomic E-state index is 0.151. The number of methoxy groups -OCH3 is 1. The molecule has 172 valence electrons.